The Hall–Kier alpha value is -2.38. The number of para-hydroxylation sites is 1. The van der Waals surface area contributed by atoms with E-state index in [9.17, 15) is 13.2 Å². The van der Waals surface area contributed by atoms with Crippen LogP contribution in [0.2, 0.25) is 0 Å². The third-order valence-corrected chi connectivity index (χ3v) is 7.44. The van der Waals surface area contributed by atoms with E-state index < -0.39 is 10.0 Å². The second-order valence-electron chi connectivity index (χ2n) is 7.66. The van der Waals surface area contributed by atoms with Gasteiger partial charge < -0.3 is 9.64 Å². The summed E-state index contributed by atoms with van der Waals surface area (Å²) in [4.78, 5) is 14.3. The van der Waals surface area contributed by atoms with Crippen LogP contribution < -0.4 is 4.74 Å². The van der Waals surface area contributed by atoms with Crippen LogP contribution in [0.25, 0.3) is 0 Å². The molecule has 2 aromatic rings. The molecule has 6 nitrogen and oxygen atoms in total. The predicted octanol–water partition coefficient (Wildman–Crippen LogP) is 3.25. The zero-order valence-electron chi connectivity index (χ0n) is 17.7. The smallest absolute Gasteiger partial charge is 0.260 e. The number of benzene rings is 2. The minimum atomic E-state index is -3.39. The van der Waals surface area contributed by atoms with Crippen LogP contribution in [0.5, 0.6) is 5.75 Å². The van der Waals surface area contributed by atoms with Crippen LogP contribution in [0.3, 0.4) is 0 Å². The lowest BCUT2D eigenvalue weighted by molar-refractivity contribution is -0.134. The molecule has 162 valence electrons. The van der Waals surface area contributed by atoms with E-state index >= 15 is 0 Å². The first-order valence-corrected chi connectivity index (χ1v) is 12.0. The average Bonchev–Trinajstić information content (AvgIpc) is 2.77. The van der Waals surface area contributed by atoms with Crippen LogP contribution in [0, 0.1) is 0 Å². The summed E-state index contributed by atoms with van der Waals surface area (Å²) < 4.78 is 32.6. The molecule has 0 aromatic heterocycles. The molecule has 0 N–H and O–H groups in total. The van der Waals surface area contributed by atoms with E-state index in [1.165, 1.54) is 4.31 Å². The van der Waals surface area contributed by atoms with E-state index in [-0.39, 0.29) is 18.3 Å². The Kier molecular flexibility index (Phi) is 7.50. The molecule has 7 heteroatoms. The third-order valence-electron chi connectivity index (χ3n) is 5.59. The van der Waals surface area contributed by atoms with Gasteiger partial charge in [-0.2, -0.15) is 4.31 Å². The third kappa shape index (κ3) is 5.61. The Balaban J connectivity index is 1.52. The van der Waals surface area contributed by atoms with Crippen LogP contribution >= 0.6 is 0 Å². The highest BCUT2D eigenvalue weighted by Crippen LogP contribution is 2.28. The number of nitrogens with zero attached hydrogens (tertiary/aromatic N) is 2. The Labute approximate surface area is 179 Å². The van der Waals surface area contributed by atoms with E-state index in [1.54, 1.807) is 4.90 Å². The van der Waals surface area contributed by atoms with E-state index in [0.717, 1.165) is 23.3 Å². The van der Waals surface area contributed by atoms with Crippen LogP contribution in [0.15, 0.2) is 54.6 Å². The molecule has 1 amide bonds. The fraction of sp³-hybridized carbons (Fsp3) is 0.435. The van der Waals surface area contributed by atoms with Crippen molar-refractivity contribution < 1.29 is 17.9 Å². The van der Waals surface area contributed by atoms with Gasteiger partial charge in [-0.15, -0.1) is 0 Å². The van der Waals surface area contributed by atoms with Crippen LogP contribution in [0.1, 0.15) is 37.3 Å². The molecule has 1 heterocycles. The molecule has 0 aliphatic carbocycles. The fourth-order valence-corrected chi connectivity index (χ4v) is 5.08. The highest BCUT2D eigenvalue weighted by atomic mass is 32.2. The molecule has 1 fully saturated rings. The van der Waals surface area contributed by atoms with Crippen LogP contribution in [-0.4, -0.2) is 56.3 Å². The monoisotopic (exact) mass is 430 g/mol. The van der Waals surface area contributed by atoms with Crippen molar-refractivity contribution in [2.45, 2.75) is 31.9 Å². The van der Waals surface area contributed by atoms with Gasteiger partial charge in [0.15, 0.2) is 6.61 Å². The first-order valence-electron chi connectivity index (χ1n) is 10.4. The summed E-state index contributed by atoms with van der Waals surface area (Å²) in [6.07, 6.45) is 0.994. The van der Waals surface area contributed by atoms with Crippen molar-refractivity contribution in [3.8, 4) is 5.75 Å². The molecule has 1 unspecified atom stereocenters. The van der Waals surface area contributed by atoms with E-state index in [0.29, 0.717) is 32.1 Å². The number of carbonyl (C=O) groups excluding carboxylic acids is 1. The molecule has 30 heavy (non-hydrogen) atoms. The van der Waals surface area contributed by atoms with Crippen molar-refractivity contribution in [3.05, 3.63) is 65.7 Å². The Bertz CT molecular complexity index is 939. The topological polar surface area (TPSA) is 66.9 Å². The van der Waals surface area contributed by atoms with E-state index in [1.807, 2.05) is 54.6 Å². The summed E-state index contributed by atoms with van der Waals surface area (Å²) in [5, 5.41) is 0. The summed E-state index contributed by atoms with van der Waals surface area (Å²) >= 11 is 0. The Morgan fingerprint density at radius 1 is 1.00 bits per heavy atom. The highest BCUT2D eigenvalue weighted by Gasteiger charge is 2.29. The zero-order valence-corrected chi connectivity index (χ0v) is 18.5. The molecule has 1 saturated heterocycles. The molecule has 2 aromatic carbocycles. The molecule has 3 rings (SSSR count). The maximum absolute atomic E-state index is 12.7. The molecule has 0 spiro atoms. The van der Waals surface area contributed by atoms with Gasteiger partial charge in [0.1, 0.15) is 5.75 Å². The van der Waals surface area contributed by atoms with Gasteiger partial charge in [0, 0.05) is 26.2 Å². The lowest BCUT2D eigenvalue weighted by atomic mass is 9.98. The molecule has 0 radical (unpaired) electrons. The van der Waals surface area contributed by atoms with Gasteiger partial charge in [0.05, 0.1) is 5.75 Å². The van der Waals surface area contributed by atoms with Crippen molar-refractivity contribution in [2.24, 2.45) is 0 Å². The van der Waals surface area contributed by atoms with Gasteiger partial charge in [-0.25, -0.2) is 8.42 Å². The summed E-state index contributed by atoms with van der Waals surface area (Å²) in [5.41, 5.74) is 1.87. The number of amides is 1. The number of rotatable bonds is 8. The maximum atomic E-state index is 12.7. The van der Waals surface area contributed by atoms with E-state index in [4.69, 9.17) is 4.74 Å². The van der Waals surface area contributed by atoms with Crippen molar-refractivity contribution in [1.29, 1.82) is 0 Å². The van der Waals surface area contributed by atoms with Crippen molar-refractivity contribution in [3.63, 3.8) is 0 Å². The Morgan fingerprint density at radius 2 is 1.63 bits per heavy atom. The lowest BCUT2D eigenvalue weighted by Gasteiger charge is -2.34. The normalized spacial score (nSPS) is 16.3. The number of hydrogen-bond donors (Lipinski definition) is 0. The van der Waals surface area contributed by atoms with Gasteiger partial charge in [-0.3, -0.25) is 4.79 Å². The van der Waals surface area contributed by atoms with Crippen molar-refractivity contribution >= 4 is 15.9 Å². The van der Waals surface area contributed by atoms with Gasteiger partial charge in [0.2, 0.25) is 10.0 Å². The number of sulfonamides is 1. The standard InChI is InChI=1S/C23H30N2O4S/c1-3-19(2)21-11-7-8-12-22(21)29-17-23(26)24-13-15-25(16-14-24)30(27,28)18-20-9-5-4-6-10-20/h4-12,19H,3,13-18H2,1-2H3. The summed E-state index contributed by atoms with van der Waals surface area (Å²) in [5.74, 6) is 0.963. The molecular weight excluding hydrogens is 400 g/mol. The summed E-state index contributed by atoms with van der Waals surface area (Å²) in [6.45, 7) is 5.60. The number of ether oxygens (including phenoxy) is 1. The van der Waals surface area contributed by atoms with E-state index in [2.05, 4.69) is 13.8 Å². The minimum absolute atomic E-state index is 0.0166. The second kappa shape index (κ2) is 10.1. The second-order valence-corrected chi connectivity index (χ2v) is 9.63. The van der Waals surface area contributed by atoms with Crippen LogP contribution in [0.4, 0.5) is 0 Å². The predicted molar refractivity (Wildman–Crippen MR) is 118 cm³/mol. The van der Waals surface area contributed by atoms with Gasteiger partial charge in [-0.05, 0) is 29.5 Å². The average molecular weight is 431 g/mol. The maximum Gasteiger partial charge on any atom is 0.260 e. The summed E-state index contributed by atoms with van der Waals surface area (Å²) in [6, 6.07) is 17.0. The van der Waals surface area contributed by atoms with Gasteiger partial charge in [0.25, 0.3) is 5.91 Å². The zero-order chi connectivity index (χ0) is 21.6. The SMILES string of the molecule is CCC(C)c1ccccc1OCC(=O)N1CCN(S(=O)(=O)Cc2ccccc2)CC1. The molecule has 1 aliphatic heterocycles. The fourth-order valence-electron chi connectivity index (χ4n) is 3.56. The first kappa shape index (κ1) is 22.3. The van der Waals surface area contributed by atoms with Gasteiger partial charge in [-0.1, -0.05) is 62.4 Å². The molecule has 0 bridgehead atoms. The van der Waals surface area contributed by atoms with Gasteiger partial charge >= 0.3 is 0 Å². The quantitative estimate of drug-likeness (QED) is 0.645. The Morgan fingerprint density at radius 3 is 2.30 bits per heavy atom. The lowest BCUT2D eigenvalue weighted by Crippen LogP contribution is -2.51. The number of hydrogen-bond acceptors (Lipinski definition) is 4. The largest absolute Gasteiger partial charge is 0.483 e. The number of piperazine rings is 1. The van der Waals surface area contributed by atoms with Crippen molar-refractivity contribution in [2.75, 3.05) is 32.8 Å². The molecular formula is C23H30N2O4S. The highest BCUT2D eigenvalue weighted by molar-refractivity contribution is 7.88. The summed E-state index contributed by atoms with van der Waals surface area (Å²) in [7, 11) is -3.39. The number of carbonyl (C=O) groups is 1. The molecule has 1 atom stereocenters. The first-order chi connectivity index (χ1) is 14.4. The minimum Gasteiger partial charge on any atom is -0.483 e. The molecule has 0 saturated carbocycles. The molecule has 1 aliphatic rings. The van der Waals surface area contributed by atoms with Crippen molar-refractivity contribution in [1.82, 2.24) is 9.21 Å². The van der Waals surface area contributed by atoms with Crippen LogP contribution in [-0.2, 0) is 20.6 Å².